The number of benzene rings is 3. The molecule has 122 valence electrons. The summed E-state index contributed by atoms with van der Waals surface area (Å²) in [6.45, 7) is 2.28. The van der Waals surface area contributed by atoms with Gasteiger partial charge in [-0.15, -0.1) is 0 Å². The van der Waals surface area contributed by atoms with E-state index < -0.39 is 10.0 Å². The number of sulfonamides is 1. The van der Waals surface area contributed by atoms with Crippen molar-refractivity contribution in [2.45, 2.75) is 18.4 Å². The zero-order chi connectivity index (χ0) is 17.0. The Bertz CT molecular complexity index is 900. The molecule has 0 saturated carbocycles. The number of nitrogens with one attached hydrogen (secondary N) is 1. The van der Waals surface area contributed by atoms with Crippen LogP contribution in [-0.4, -0.2) is 8.42 Å². The highest BCUT2D eigenvalue weighted by atomic mass is 32.2. The Morgan fingerprint density at radius 1 is 0.750 bits per heavy atom. The van der Waals surface area contributed by atoms with Crippen molar-refractivity contribution in [1.29, 1.82) is 0 Å². The third-order valence-corrected chi connectivity index (χ3v) is 5.28. The van der Waals surface area contributed by atoms with Crippen LogP contribution < -0.4 is 4.72 Å². The van der Waals surface area contributed by atoms with E-state index in [1.807, 2.05) is 73.7 Å². The maximum atomic E-state index is 12.4. The monoisotopic (exact) mass is 337 g/mol. The normalized spacial score (nSPS) is 11.4. The number of hydrogen-bond donors (Lipinski definition) is 1. The van der Waals surface area contributed by atoms with Gasteiger partial charge in [0.05, 0.1) is 4.90 Å². The molecular formula is C20H19NO2S. The molecule has 3 aromatic rings. The van der Waals surface area contributed by atoms with Crippen LogP contribution in [0.1, 0.15) is 11.1 Å². The molecule has 3 nitrogen and oxygen atoms in total. The zero-order valence-electron chi connectivity index (χ0n) is 13.4. The maximum Gasteiger partial charge on any atom is 0.240 e. The Balaban J connectivity index is 1.74. The van der Waals surface area contributed by atoms with Crippen molar-refractivity contribution in [1.82, 2.24) is 4.72 Å². The predicted molar refractivity (Wildman–Crippen MR) is 97.1 cm³/mol. The van der Waals surface area contributed by atoms with E-state index in [9.17, 15) is 8.42 Å². The first-order chi connectivity index (χ1) is 11.5. The van der Waals surface area contributed by atoms with Crippen LogP contribution in [0.2, 0.25) is 0 Å². The fourth-order valence-corrected chi connectivity index (χ4v) is 3.44. The smallest absolute Gasteiger partial charge is 0.207 e. The molecule has 0 radical (unpaired) electrons. The van der Waals surface area contributed by atoms with Gasteiger partial charge in [-0.1, -0.05) is 72.3 Å². The fraction of sp³-hybridized carbons (Fsp3) is 0.100. The summed E-state index contributed by atoms with van der Waals surface area (Å²) in [5.74, 6) is 0. The lowest BCUT2D eigenvalue weighted by atomic mass is 10.1. The standard InChI is InChI=1S/C20H19NO2S/c1-16-7-9-17(10-8-16)15-21-24(22,23)20-13-11-19(12-14-20)18-5-3-2-4-6-18/h2-14,21H,15H2,1H3. The number of rotatable bonds is 5. The lowest BCUT2D eigenvalue weighted by Gasteiger charge is -2.08. The minimum Gasteiger partial charge on any atom is -0.207 e. The largest absolute Gasteiger partial charge is 0.240 e. The van der Waals surface area contributed by atoms with Gasteiger partial charge in [-0.3, -0.25) is 0 Å². The summed E-state index contributed by atoms with van der Waals surface area (Å²) in [6.07, 6.45) is 0. The van der Waals surface area contributed by atoms with Crippen LogP contribution in [0.15, 0.2) is 83.8 Å². The maximum absolute atomic E-state index is 12.4. The first-order valence-electron chi connectivity index (χ1n) is 7.75. The average molecular weight is 337 g/mol. The summed E-state index contributed by atoms with van der Waals surface area (Å²) in [7, 11) is -3.52. The van der Waals surface area contributed by atoms with Crippen molar-refractivity contribution in [3.63, 3.8) is 0 Å². The van der Waals surface area contributed by atoms with Crippen LogP contribution in [-0.2, 0) is 16.6 Å². The van der Waals surface area contributed by atoms with Crippen LogP contribution in [0.3, 0.4) is 0 Å². The first-order valence-corrected chi connectivity index (χ1v) is 9.24. The summed E-state index contributed by atoms with van der Waals surface area (Å²) in [6, 6.07) is 24.6. The summed E-state index contributed by atoms with van der Waals surface area (Å²) < 4.78 is 27.5. The van der Waals surface area contributed by atoms with Gasteiger partial charge in [0, 0.05) is 6.54 Å². The van der Waals surface area contributed by atoms with Crippen molar-refractivity contribution in [3.05, 3.63) is 90.0 Å². The Morgan fingerprint density at radius 2 is 1.33 bits per heavy atom. The van der Waals surface area contributed by atoms with Gasteiger partial charge in [0.2, 0.25) is 10.0 Å². The second-order valence-corrected chi connectivity index (χ2v) is 7.47. The molecule has 24 heavy (non-hydrogen) atoms. The highest BCUT2D eigenvalue weighted by molar-refractivity contribution is 7.89. The molecule has 0 amide bonds. The zero-order valence-corrected chi connectivity index (χ0v) is 14.3. The second kappa shape index (κ2) is 6.99. The summed E-state index contributed by atoms with van der Waals surface area (Å²) in [4.78, 5) is 0.272. The Morgan fingerprint density at radius 3 is 1.96 bits per heavy atom. The Labute approximate surface area is 143 Å². The number of hydrogen-bond acceptors (Lipinski definition) is 2. The molecule has 4 heteroatoms. The van der Waals surface area contributed by atoms with E-state index in [1.165, 1.54) is 0 Å². The molecule has 0 aromatic heterocycles. The average Bonchev–Trinajstić information content (AvgIpc) is 2.62. The Hall–Kier alpha value is -2.43. The van der Waals surface area contributed by atoms with E-state index in [1.54, 1.807) is 12.1 Å². The molecule has 0 bridgehead atoms. The third-order valence-electron chi connectivity index (χ3n) is 3.86. The van der Waals surface area contributed by atoms with Crippen LogP contribution >= 0.6 is 0 Å². The molecule has 0 aliphatic carbocycles. The van der Waals surface area contributed by atoms with Crippen molar-refractivity contribution in [3.8, 4) is 11.1 Å². The lowest BCUT2D eigenvalue weighted by Crippen LogP contribution is -2.23. The van der Waals surface area contributed by atoms with E-state index in [0.29, 0.717) is 0 Å². The van der Waals surface area contributed by atoms with Gasteiger partial charge in [-0.05, 0) is 35.7 Å². The number of aryl methyl sites for hydroxylation is 1. The third kappa shape index (κ3) is 3.91. The van der Waals surface area contributed by atoms with Crippen LogP contribution in [0.5, 0.6) is 0 Å². The molecule has 0 heterocycles. The van der Waals surface area contributed by atoms with Gasteiger partial charge in [0.15, 0.2) is 0 Å². The topological polar surface area (TPSA) is 46.2 Å². The molecule has 1 N–H and O–H groups in total. The highest BCUT2D eigenvalue weighted by Gasteiger charge is 2.13. The van der Waals surface area contributed by atoms with Crippen molar-refractivity contribution < 1.29 is 8.42 Å². The van der Waals surface area contributed by atoms with Crippen molar-refractivity contribution in [2.24, 2.45) is 0 Å². The van der Waals surface area contributed by atoms with Gasteiger partial charge in [0.25, 0.3) is 0 Å². The summed E-state index contributed by atoms with van der Waals surface area (Å²) in [5.41, 5.74) is 4.14. The van der Waals surface area contributed by atoms with Gasteiger partial charge in [-0.25, -0.2) is 13.1 Å². The van der Waals surface area contributed by atoms with E-state index in [0.717, 1.165) is 22.3 Å². The minimum absolute atomic E-state index is 0.272. The molecule has 0 unspecified atom stereocenters. The predicted octanol–water partition coefficient (Wildman–Crippen LogP) is 4.14. The molecule has 3 rings (SSSR count). The molecule has 0 spiro atoms. The summed E-state index contributed by atoms with van der Waals surface area (Å²) in [5, 5.41) is 0. The summed E-state index contributed by atoms with van der Waals surface area (Å²) >= 11 is 0. The van der Waals surface area contributed by atoms with Crippen molar-refractivity contribution in [2.75, 3.05) is 0 Å². The van der Waals surface area contributed by atoms with Crippen molar-refractivity contribution >= 4 is 10.0 Å². The van der Waals surface area contributed by atoms with E-state index in [-0.39, 0.29) is 11.4 Å². The highest BCUT2D eigenvalue weighted by Crippen LogP contribution is 2.21. The van der Waals surface area contributed by atoms with Crippen LogP contribution in [0.25, 0.3) is 11.1 Å². The second-order valence-electron chi connectivity index (χ2n) is 5.70. The van der Waals surface area contributed by atoms with Crippen LogP contribution in [0, 0.1) is 6.92 Å². The SMILES string of the molecule is Cc1ccc(CNS(=O)(=O)c2ccc(-c3ccccc3)cc2)cc1. The molecule has 0 fully saturated rings. The van der Waals surface area contributed by atoms with Crippen LogP contribution in [0.4, 0.5) is 0 Å². The van der Waals surface area contributed by atoms with Gasteiger partial charge in [-0.2, -0.15) is 0 Å². The van der Waals surface area contributed by atoms with Gasteiger partial charge >= 0.3 is 0 Å². The minimum atomic E-state index is -3.52. The van der Waals surface area contributed by atoms with Gasteiger partial charge < -0.3 is 0 Å². The molecule has 3 aromatic carbocycles. The lowest BCUT2D eigenvalue weighted by molar-refractivity contribution is 0.581. The fourth-order valence-electron chi connectivity index (χ4n) is 2.42. The molecule has 0 saturated heterocycles. The van der Waals surface area contributed by atoms with E-state index in [2.05, 4.69) is 4.72 Å². The molecule has 0 atom stereocenters. The molecule has 0 aliphatic rings. The first kappa shape index (κ1) is 16.4. The quantitative estimate of drug-likeness (QED) is 0.760. The Kier molecular flexibility index (Phi) is 4.79. The van der Waals surface area contributed by atoms with E-state index in [4.69, 9.17) is 0 Å². The molecule has 0 aliphatic heterocycles. The molecular weight excluding hydrogens is 318 g/mol. The van der Waals surface area contributed by atoms with E-state index >= 15 is 0 Å². The van der Waals surface area contributed by atoms with Gasteiger partial charge in [0.1, 0.15) is 0 Å².